The largest absolute Gasteiger partial charge is 0.506 e. The average Bonchev–Trinajstić information content (AvgIpc) is 2.82. The smallest absolute Gasteiger partial charge is 0.231 e. The number of hydrogen-bond donors (Lipinski definition) is 3. The maximum absolute atomic E-state index is 12.2. The second kappa shape index (κ2) is 6.07. The fourth-order valence-electron chi connectivity index (χ4n) is 2.41. The van der Waals surface area contributed by atoms with Crippen LogP contribution >= 0.6 is 12.4 Å². The quantitative estimate of drug-likeness (QED) is 0.738. The summed E-state index contributed by atoms with van der Waals surface area (Å²) in [5, 5.41) is 12.4. The Kier molecular flexibility index (Phi) is 4.99. The second-order valence-electron chi connectivity index (χ2n) is 4.66. The monoisotopic (exact) mass is 270 g/mol. The van der Waals surface area contributed by atoms with Crippen LogP contribution in [0.5, 0.6) is 5.75 Å². The molecule has 1 aromatic carbocycles. The first-order chi connectivity index (χ1) is 8.18. The molecule has 1 aromatic rings. The predicted molar refractivity (Wildman–Crippen MR) is 73.9 cm³/mol. The first-order valence-corrected chi connectivity index (χ1v) is 5.97. The van der Waals surface area contributed by atoms with Gasteiger partial charge in [0, 0.05) is 6.54 Å². The number of carbonyl (C=O) groups is 1. The van der Waals surface area contributed by atoms with Crippen LogP contribution in [-0.4, -0.2) is 17.6 Å². The zero-order valence-corrected chi connectivity index (χ0v) is 11.0. The van der Waals surface area contributed by atoms with Gasteiger partial charge in [0.25, 0.3) is 0 Å². The summed E-state index contributed by atoms with van der Waals surface area (Å²) in [7, 11) is 0. The number of amides is 1. The fraction of sp³-hybridized carbons (Fsp3) is 0.462. The van der Waals surface area contributed by atoms with E-state index in [4.69, 9.17) is 5.73 Å². The van der Waals surface area contributed by atoms with Crippen LogP contribution in [0.25, 0.3) is 0 Å². The van der Waals surface area contributed by atoms with E-state index in [2.05, 4.69) is 5.32 Å². The minimum atomic E-state index is -0.442. The lowest BCUT2D eigenvalue weighted by Gasteiger charge is -2.25. The van der Waals surface area contributed by atoms with Gasteiger partial charge in [0.1, 0.15) is 5.75 Å². The summed E-state index contributed by atoms with van der Waals surface area (Å²) in [5.74, 6) is 0.0185. The number of aromatic hydroxyl groups is 1. The van der Waals surface area contributed by atoms with Gasteiger partial charge in [0.2, 0.25) is 5.91 Å². The van der Waals surface area contributed by atoms with Crippen LogP contribution in [-0.2, 0) is 4.79 Å². The van der Waals surface area contributed by atoms with Gasteiger partial charge in [-0.3, -0.25) is 4.79 Å². The number of carbonyl (C=O) groups excluding carboxylic acids is 1. The molecule has 4 N–H and O–H groups in total. The van der Waals surface area contributed by atoms with Gasteiger partial charge < -0.3 is 16.2 Å². The van der Waals surface area contributed by atoms with Crippen molar-refractivity contribution in [2.24, 2.45) is 11.1 Å². The van der Waals surface area contributed by atoms with Crippen molar-refractivity contribution in [3.05, 3.63) is 24.3 Å². The highest BCUT2D eigenvalue weighted by atomic mass is 35.5. The number of phenolic OH excluding ortho intramolecular Hbond substituents is 1. The van der Waals surface area contributed by atoms with Crippen molar-refractivity contribution in [2.75, 3.05) is 11.9 Å². The molecule has 0 saturated heterocycles. The van der Waals surface area contributed by atoms with Gasteiger partial charge in [-0.2, -0.15) is 0 Å². The van der Waals surface area contributed by atoms with E-state index in [0.717, 1.165) is 25.7 Å². The van der Waals surface area contributed by atoms with Gasteiger partial charge >= 0.3 is 0 Å². The molecule has 0 bridgehead atoms. The molecule has 0 unspecified atom stereocenters. The molecule has 0 atom stereocenters. The third-order valence-electron chi connectivity index (χ3n) is 3.59. The van der Waals surface area contributed by atoms with E-state index in [-0.39, 0.29) is 24.1 Å². The van der Waals surface area contributed by atoms with E-state index in [0.29, 0.717) is 12.2 Å². The molecule has 0 radical (unpaired) electrons. The molecular weight excluding hydrogens is 252 g/mol. The minimum Gasteiger partial charge on any atom is -0.506 e. The molecule has 0 heterocycles. The van der Waals surface area contributed by atoms with Gasteiger partial charge in [-0.1, -0.05) is 25.0 Å². The Balaban J connectivity index is 0.00000162. The van der Waals surface area contributed by atoms with Crippen LogP contribution in [0.1, 0.15) is 25.7 Å². The molecule has 100 valence electrons. The number of phenols is 1. The summed E-state index contributed by atoms with van der Waals surface area (Å²) in [6.45, 7) is 0.367. The van der Waals surface area contributed by atoms with Crippen LogP contribution in [0.2, 0.25) is 0 Å². The Morgan fingerprint density at radius 3 is 2.50 bits per heavy atom. The van der Waals surface area contributed by atoms with E-state index in [1.165, 1.54) is 0 Å². The Bertz CT molecular complexity index is 417. The lowest BCUT2D eigenvalue weighted by molar-refractivity contribution is -0.124. The Labute approximate surface area is 113 Å². The third kappa shape index (κ3) is 2.76. The van der Waals surface area contributed by atoms with Crippen molar-refractivity contribution >= 4 is 24.0 Å². The third-order valence-corrected chi connectivity index (χ3v) is 3.59. The number of para-hydroxylation sites is 2. The van der Waals surface area contributed by atoms with Crippen molar-refractivity contribution in [2.45, 2.75) is 25.7 Å². The van der Waals surface area contributed by atoms with Crippen LogP contribution < -0.4 is 11.1 Å². The van der Waals surface area contributed by atoms with Gasteiger partial charge in [-0.25, -0.2) is 0 Å². The summed E-state index contributed by atoms with van der Waals surface area (Å²) in [4.78, 5) is 12.2. The maximum atomic E-state index is 12.2. The predicted octanol–water partition coefficient (Wildman–Crippen LogP) is 2.27. The molecule has 1 amide bonds. The molecule has 1 aliphatic carbocycles. The van der Waals surface area contributed by atoms with E-state index in [9.17, 15) is 9.90 Å². The SMILES string of the molecule is Cl.NCC1(C(=O)Nc2ccccc2O)CCCC1. The molecule has 2 rings (SSSR count). The van der Waals surface area contributed by atoms with Crippen molar-refractivity contribution in [3.8, 4) is 5.75 Å². The van der Waals surface area contributed by atoms with Crippen molar-refractivity contribution in [1.82, 2.24) is 0 Å². The number of hydrogen-bond acceptors (Lipinski definition) is 3. The van der Waals surface area contributed by atoms with Gasteiger partial charge in [-0.15, -0.1) is 12.4 Å². The van der Waals surface area contributed by atoms with Crippen LogP contribution in [0, 0.1) is 5.41 Å². The molecule has 4 nitrogen and oxygen atoms in total. The highest BCUT2D eigenvalue weighted by molar-refractivity contribution is 5.96. The minimum absolute atomic E-state index is 0. The Hall–Kier alpha value is -1.26. The number of halogens is 1. The van der Waals surface area contributed by atoms with Crippen molar-refractivity contribution in [3.63, 3.8) is 0 Å². The van der Waals surface area contributed by atoms with Crippen LogP contribution in [0.15, 0.2) is 24.3 Å². The summed E-state index contributed by atoms with van der Waals surface area (Å²) >= 11 is 0. The van der Waals surface area contributed by atoms with Crippen molar-refractivity contribution in [1.29, 1.82) is 0 Å². The van der Waals surface area contributed by atoms with Gasteiger partial charge in [0.15, 0.2) is 0 Å². The average molecular weight is 271 g/mol. The highest BCUT2D eigenvalue weighted by Crippen LogP contribution is 2.38. The fourth-order valence-corrected chi connectivity index (χ4v) is 2.41. The standard InChI is InChI=1S/C13H18N2O2.ClH/c14-9-13(7-3-4-8-13)12(17)15-10-5-1-2-6-11(10)16;/h1-2,5-6,16H,3-4,7-9,14H2,(H,15,17);1H. The number of anilines is 1. The molecule has 5 heteroatoms. The number of nitrogens with one attached hydrogen (secondary N) is 1. The summed E-state index contributed by atoms with van der Waals surface area (Å²) in [6, 6.07) is 6.74. The first kappa shape index (κ1) is 14.8. The molecule has 0 aromatic heterocycles. The molecule has 1 fully saturated rings. The lowest BCUT2D eigenvalue weighted by atomic mass is 9.85. The highest BCUT2D eigenvalue weighted by Gasteiger charge is 2.39. The number of nitrogens with two attached hydrogens (primary N) is 1. The van der Waals surface area contributed by atoms with Gasteiger partial charge in [-0.05, 0) is 25.0 Å². The molecule has 0 spiro atoms. The molecule has 1 saturated carbocycles. The zero-order valence-electron chi connectivity index (χ0n) is 10.2. The zero-order chi connectivity index (χ0) is 12.3. The van der Waals surface area contributed by atoms with Crippen molar-refractivity contribution < 1.29 is 9.90 Å². The molecular formula is C13H19ClN2O2. The second-order valence-corrected chi connectivity index (χ2v) is 4.66. The van der Waals surface area contributed by atoms with E-state index in [1.807, 2.05) is 0 Å². The maximum Gasteiger partial charge on any atom is 0.231 e. The van der Waals surface area contributed by atoms with Crippen LogP contribution in [0.3, 0.4) is 0 Å². The lowest BCUT2D eigenvalue weighted by Crippen LogP contribution is -2.40. The summed E-state index contributed by atoms with van der Waals surface area (Å²) < 4.78 is 0. The topological polar surface area (TPSA) is 75.4 Å². The Morgan fingerprint density at radius 2 is 1.94 bits per heavy atom. The van der Waals surface area contributed by atoms with Crippen LogP contribution in [0.4, 0.5) is 5.69 Å². The number of benzene rings is 1. The number of rotatable bonds is 3. The summed E-state index contributed by atoms with van der Waals surface area (Å²) in [5.41, 5.74) is 5.75. The normalized spacial score (nSPS) is 16.9. The van der Waals surface area contributed by atoms with Gasteiger partial charge in [0.05, 0.1) is 11.1 Å². The summed E-state index contributed by atoms with van der Waals surface area (Å²) in [6.07, 6.45) is 3.77. The first-order valence-electron chi connectivity index (χ1n) is 5.97. The molecule has 0 aliphatic heterocycles. The van der Waals surface area contributed by atoms with E-state index >= 15 is 0 Å². The van der Waals surface area contributed by atoms with E-state index < -0.39 is 5.41 Å². The van der Waals surface area contributed by atoms with E-state index in [1.54, 1.807) is 24.3 Å². The molecule has 18 heavy (non-hydrogen) atoms. The molecule has 1 aliphatic rings. The Morgan fingerprint density at radius 1 is 1.33 bits per heavy atom.